The third-order valence-corrected chi connectivity index (χ3v) is 3.67. The highest BCUT2D eigenvalue weighted by Crippen LogP contribution is 2.24. The van der Waals surface area contributed by atoms with Crippen molar-refractivity contribution in [3.05, 3.63) is 59.7 Å². The molecule has 1 heterocycles. The summed E-state index contributed by atoms with van der Waals surface area (Å²) in [6, 6.07) is 16.2. The molecule has 108 valence electrons. The van der Waals surface area contributed by atoms with Crippen molar-refractivity contribution in [2.75, 3.05) is 13.2 Å². The third kappa shape index (κ3) is 3.06. The molecule has 2 N–H and O–H groups in total. The minimum atomic E-state index is -0.358. The summed E-state index contributed by atoms with van der Waals surface area (Å²) in [5.41, 5.74) is 4.43. The number of hydrogen-bond acceptors (Lipinski definition) is 3. The Balaban J connectivity index is 1.75. The largest absolute Gasteiger partial charge is 0.447 e. The molecule has 2 aromatic carbocycles. The summed E-state index contributed by atoms with van der Waals surface area (Å²) in [6.45, 7) is 0.553. The van der Waals surface area contributed by atoms with E-state index < -0.39 is 0 Å². The van der Waals surface area contributed by atoms with Crippen LogP contribution in [0.2, 0.25) is 0 Å². The monoisotopic (exact) mass is 283 g/mol. The topological polar surface area (TPSA) is 58.6 Å². The van der Waals surface area contributed by atoms with Gasteiger partial charge in [0.05, 0.1) is 6.04 Å². The molecular formula is C17H17NO3. The highest BCUT2D eigenvalue weighted by atomic mass is 16.6. The maximum atomic E-state index is 11.0. The van der Waals surface area contributed by atoms with Gasteiger partial charge in [-0.15, -0.1) is 0 Å². The Morgan fingerprint density at radius 1 is 1.05 bits per heavy atom. The van der Waals surface area contributed by atoms with Gasteiger partial charge < -0.3 is 15.2 Å². The minimum absolute atomic E-state index is 0.0570. The molecule has 0 aromatic heterocycles. The Morgan fingerprint density at radius 2 is 1.67 bits per heavy atom. The first-order chi connectivity index (χ1) is 10.3. The molecule has 3 rings (SSSR count). The van der Waals surface area contributed by atoms with E-state index in [4.69, 9.17) is 9.84 Å². The Kier molecular flexibility index (Phi) is 3.88. The van der Waals surface area contributed by atoms with Crippen LogP contribution in [0.25, 0.3) is 11.1 Å². The Bertz CT molecular complexity index is 619. The average Bonchev–Trinajstić information content (AvgIpc) is 2.95. The van der Waals surface area contributed by atoms with E-state index in [0.717, 1.165) is 22.3 Å². The van der Waals surface area contributed by atoms with Gasteiger partial charge >= 0.3 is 6.09 Å². The highest BCUT2D eigenvalue weighted by molar-refractivity contribution is 5.70. The first kappa shape index (κ1) is 13.6. The van der Waals surface area contributed by atoms with Crippen molar-refractivity contribution in [3.8, 4) is 11.1 Å². The summed E-state index contributed by atoms with van der Waals surface area (Å²) in [5.74, 6) is 0. The molecule has 2 aromatic rings. The number of carbonyl (C=O) groups excluding carboxylic acids is 1. The van der Waals surface area contributed by atoms with Crippen molar-refractivity contribution >= 4 is 6.09 Å². The Morgan fingerprint density at radius 3 is 2.19 bits per heavy atom. The first-order valence-corrected chi connectivity index (χ1v) is 7.00. The van der Waals surface area contributed by atoms with E-state index in [2.05, 4.69) is 17.4 Å². The molecule has 0 unspecified atom stereocenters. The smallest absolute Gasteiger partial charge is 0.407 e. The fraction of sp³-hybridized carbons (Fsp3) is 0.235. The summed E-state index contributed by atoms with van der Waals surface area (Å²) < 4.78 is 4.90. The number of hydrogen-bond donors (Lipinski definition) is 2. The van der Waals surface area contributed by atoms with Crippen LogP contribution in [0.5, 0.6) is 0 Å². The normalized spacial score (nSPS) is 17.4. The second-order valence-electron chi connectivity index (χ2n) is 5.09. The van der Waals surface area contributed by atoms with E-state index in [0.29, 0.717) is 13.0 Å². The number of rotatable bonds is 4. The molecule has 1 atom stereocenters. The predicted octanol–water partition coefficient (Wildman–Crippen LogP) is 2.67. The molecule has 4 heteroatoms. The van der Waals surface area contributed by atoms with Crippen LogP contribution in [0, 0.1) is 0 Å². The number of alkyl carbamates (subject to hydrolysis) is 1. The van der Waals surface area contributed by atoms with E-state index in [-0.39, 0.29) is 18.7 Å². The Labute approximate surface area is 123 Å². The number of aliphatic hydroxyl groups is 1. The number of cyclic esters (lactones) is 1. The molecule has 1 aliphatic rings. The summed E-state index contributed by atoms with van der Waals surface area (Å²) in [5, 5.41) is 11.7. The first-order valence-electron chi connectivity index (χ1n) is 7.00. The number of amides is 1. The van der Waals surface area contributed by atoms with Crippen molar-refractivity contribution in [2.45, 2.75) is 12.5 Å². The third-order valence-electron chi connectivity index (χ3n) is 3.67. The molecule has 0 spiro atoms. The van der Waals surface area contributed by atoms with E-state index in [1.807, 2.05) is 36.4 Å². The summed E-state index contributed by atoms with van der Waals surface area (Å²) in [7, 11) is 0. The lowest BCUT2D eigenvalue weighted by molar-refractivity contribution is 0.177. The van der Waals surface area contributed by atoms with Crippen LogP contribution in [0.15, 0.2) is 48.5 Å². The molecule has 1 saturated heterocycles. The van der Waals surface area contributed by atoms with Crippen LogP contribution < -0.4 is 5.32 Å². The molecule has 1 aliphatic heterocycles. The minimum Gasteiger partial charge on any atom is -0.447 e. The van der Waals surface area contributed by atoms with Crippen LogP contribution in [-0.2, 0) is 11.2 Å². The quantitative estimate of drug-likeness (QED) is 0.907. The Hall–Kier alpha value is -2.33. The van der Waals surface area contributed by atoms with Gasteiger partial charge in [-0.2, -0.15) is 0 Å². The van der Waals surface area contributed by atoms with Crippen molar-refractivity contribution in [3.63, 3.8) is 0 Å². The van der Waals surface area contributed by atoms with Gasteiger partial charge in [0.25, 0.3) is 0 Å². The molecule has 1 amide bonds. The maximum Gasteiger partial charge on any atom is 0.407 e. The molecule has 21 heavy (non-hydrogen) atoms. The van der Waals surface area contributed by atoms with Gasteiger partial charge in [-0.05, 0) is 28.7 Å². The zero-order chi connectivity index (χ0) is 14.7. The van der Waals surface area contributed by atoms with Crippen LogP contribution in [-0.4, -0.2) is 24.4 Å². The molecule has 1 fully saturated rings. The SMILES string of the molecule is O=C1N[C@H](c2ccc(-c3ccc(CCO)cc3)cc2)CO1. The number of aliphatic hydroxyl groups excluding tert-OH is 1. The standard InChI is InChI=1S/C17H17NO3/c19-10-9-12-1-3-13(4-2-12)14-5-7-15(8-6-14)16-11-21-17(20)18-16/h1-8,16,19H,9-11H2,(H,18,20)/t16-/m0/s1. The van der Waals surface area contributed by atoms with Gasteiger partial charge in [0.2, 0.25) is 0 Å². The van der Waals surface area contributed by atoms with Crippen LogP contribution >= 0.6 is 0 Å². The lowest BCUT2D eigenvalue weighted by atomic mass is 10.00. The molecule has 4 nitrogen and oxygen atoms in total. The van der Waals surface area contributed by atoms with Gasteiger partial charge in [0.1, 0.15) is 6.61 Å². The van der Waals surface area contributed by atoms with Gasteiger partial charge in [0, 0.05) is 6.61 Å². The van der Waals surface area contributed by atoms with Gasteiger partial charge in [0.15, 0.2) is 0 Å². The van der Waals surface area contributed by atoms with Gasteiger partial charge in [-0.25, -0.2) is 4.79 Å². The van der Waals surface area contributed by atoms with Crippen molar-refractivity contribution in [1.29, 1.82) is 0 Å². The molecule has 0 aliphatic carbocycles. The highest BCUT2D eigenvalue weighted by Gasteiger charge is 2.23. The van der Waals surface area contributed by atoms with E-state index in [1.54, 1.807) is 0 Å². The molecule has 0 saturated carbocycles. The average molecular weight is 283 g/mol. The molecule has 0 radical (unpaired) electrons. The van der Waals surface area contributed by atoms with Crippen molar-refractivity contribution in [2.24, 2.45) is 0 Å². The van der Waals surface area contributed by atoms with Crippen LogP contribution in [0.3, 0.4) is 0 Å². The van der Waals surface area contributed by atoms with Crippen molar-refractivity contribution < 1.29 is 14.6 Å². The fourth-order valence-electron chi connectivity index (χ4n) is 2.47. The predicted molar refractivity (Wildman–Crippen MR) is 79.9 cm³/mol. The summed E-state index contributed by atoms with van der Waals surface area (Å²) in [6.07, 6.45) is 0.323. The lowest BCUT2D eigenvalue weighted by Gasteiger charge is -2.09. The van der Waals surface area contributed by atoms with Crippen molar-refractivity contribution in [1.82, 2.24) is 5.32 Å². The molecule has 0 bridgehead atoms. The number of benzene rings is 2. The molecular weight excluding hydrogens is 266 g/mol. The van der Waals surface area contributed by atoms with Gasteiger partial charge in [-0.1, -0.05) is 48.5 Å². The summed E-state index contributed by atoms with van der Waals surface area (Å²) >= 11 is 0. The zero-order valence-corrected chi connectivity index (χ0v) is 11.6. The zero-order valence-electron chi connectivity index (χ0n) is 11.6. The fourth-order valence-corrected chi connectivity index (χ4v) is 2.47. The van der Waals surface area contributed by atoms with E-state index in [9.17, 15) is 4.79 Å². The van der Waals surface area contributed by atoms with Crippen LogP contribution in [0.4, 0.5) is 4.79 Å². The van der Waals surface area contributed by atoms with E-state index in [1.165, 1.54) is 0 Å². The van der Waals surface area contributed by atoms with Crippen LogP contribution in [0.1, 0.15) is 17.2 Å². The second kappa shape index (κ2) is 5.97. The second-order valence-corrected chi connectivity index (χ2v) is 5.09. The lowest BCUT2D eigenvalue weighted by Crippen LogP contribution is -2.18. The maximum absolute atomic E-state index is 11.0. The number of carbonyl (C=O) groups is 1. The van der Waals surface area contributed by atoms with E-state index >= 15 is 0 Å². The number of ether oxygens (including phenoxy) is 1. The number of nitrogens with one attached hydrogen (secondary N) is 1. The van der Waals surface area contributed by atoms with Gasteiger partial charge in [-0.3, -0.25) is 0 Å². The summed E-state index contributed by atoms with van der Waals surface area (Å²) in [4.78, 5) is 11.0.